The van der Waals surface area contributed by atoms with E-state index in [4.69, 9.17) is 0 Å². The summed E-state index contributed by atoms with van der Waals surface area (Å²) >= 11 is 3.50. The van der Waals surface area contributed by atoms with Gasteiger partial charge in [0.15, 0.2) is 0 Å². The summed E-state index contributed by atoms with van der Waals surface area (Å²) in [5.41, 5.74) is 1.86. The fourth-order valence-corrected chi connectivity index (χ4v) is 2.60. The molecule has 1 unspecified atom stereocenters. The van der Waals surface area contributed by atoms with Crippen LogP contribution in [0.5, 0.6) is 0 Å². The van der Waals surface area contributed by atoms with E-state index in [1.165, 1.54) is 0 Å². The molecule has 0 spiro atoms. The smallest absolute Gasteiger partial charge is 0.255 e. The van der Waals surface area contributed by atoms with Gasteiger partial charge in [-0.15, -0.1) is 0 Å². The van der Waals surface area contributed by atoms with E-state index in [9.17, 15) is 4.79 Å². The number of hydrogen-bond acceptors (Lipinski definition) is 2. The molecule has 1 N–H and O–H groups in total. The predicted octanol–water partition coefficient (Wildman–Crippen LogP) is 2.19. The molecule has 1 fully saturated rings. The van der Waals surface area contributed by atoms with Crippen LogP contribution in [-0.2, 0) is 0 Å². The number of hydrogen-bond donors (Lipinski definition) is 1. The van der Waals surface area contributed by atoms with Crippen molar-refractivity contribution < 1.29 is 4.79 Å². The van der Waals surface area contributed by atoms with Crippen molar-refractivity contribution in [3.63, 3.8) is 0 Å². The number of carbonyl (C=O) groups is 1. The maximum absolute atomic E-state index is 12.3. The van der Waals surface area contributed by atoms with Crippen LogP contribution in [0.25, 0.3) is 0 Å². The van der Waals surface area contributed by atoms with Crippen molar-refractivity contribution in [3.05, 3.63) is 33.8 Å². The van der Waals surface area contributed by atoms with Crippen molar-refractivity contribution in [1.82, 2.24) is 10.2 Å². The van der Waals surface area contributed by atoms with Crippen molar-refractivity contribution in [3.8, 4) is 0 Å². The molecule has 4 heteroatoms. The Balaban J connectivity index is 2.18. The van der Waals surface area contributed by atoms with Crippen molar-refractivity contribution in [1.29, 1.82) is 0 Å². The lowest BCUT2D eigenvalue weighted by atomic mass is 10.1. The highest BCUT2D eigenvalue weighted by Gasteiger charge is 2.26. The van der Waals surface area contributed by atoms with Gasteiger partial charge in [0.2, 0.25) is 0 Å². The zero-order valence-electron chi connectivity index (χ0n) is 10.2. The van der Waals surface area contributed by atoms with Crippen LogP contribution in [0.3, 0.4) is 0 Å². The van der Waals surface area contributed by atoms with E-state index >= 15 is 0 Å². The van der Waals surface area contributed by atoms with Gasteiger partial charge in [0, 0.05) is 23.6 Å². The van der Waals surface area contributed by atoms with E-state index in [0.717, 1.165) is 35.1 Å². The Bertz CT molecular complexity index is 433. The monoisotopic (exact) mass is 296 g/mol. The Morgan fingerprint density at radius 2 is 2.29 bits per heavy atom. The van der Waals surface area contributed by atoms with Gasteiger partial charge in [0.1, 0.15) is 0 Å². The topological polar surface area (TPSA) is 32.3 Å². The third-order valence-electron chi connectivity index (χ3n) is 3.31. The molecule has 1 aliphatic rings. The molecule has 1 aromatic carbocycles. The van der Waals surface area contributed by atoms with E-state index < -0.39 is 0 Å². The van der Waals surface area contributed by atoms with Crippen LogP contribution in [0.4, 0.5) is 0 Å². The van der Waals surface area contributed by atoms with Crippen molar-refractivity contribution in [2.24, 2.45) is 0 Å². The summed E-state index contributed by atoms with van der Waals surface area (Å²) in [6.45, 7) is 3.64. The van der Waals surface area contributed by atoms with Gasteiger partial charge in [-0.05, 0) is 48.0 Å². The second kappa shape index (κ2) is 5.19. The van der Waals surface area contributed by atoms with Crippen LogP contribution in [0.1, 0.15) is 22.3 Å². The van der Waals surface area contributed by atoms with Gasteiger partial charge in [-0.1, -0.05) is 12.1 Å². The summed E-state index contributed by atoms with van der Waals surface area (Å²) in [7, 11) is 1.95. The van der Waals surface area contributed by atoms with E-state index in [2.05, 4.69) is 21.2 Å². The van der Waals surface area contributed by atoms with Gasteiger partial charge in [-0.3, -0.25) is 4.79 Å². The lowest BCUT2D eigenvalue weighted by molar-refractivity contribution is 0.0788. The molecule has 1 aromatic rings. The highest BCUT2D eigenvalue weighted by molar-refractivity contribution is 9.10. The van der Waals surface area contributed by atoms with Gasteiger partial charge in [0.05, 0.1) is 5.56 Å². The summed E-state index contributed by atoms with van der Waals surface area (Å²) in [4.78, 5) is 14.3. The molecule has 0 saturated carbocycles. The first-order valence-corrected chi connectivity index (χ1v) is 6.64. The standard InChI is InChI=1S/C13H17BrN2O/c1-9-4-3-5-11(12(9)14)13(17)16-7-6-10(8-16)15-2/h3-5,10,15H,6-8H2,1-2H3. The molecule has 17 heavy (non-hydrogen) atoms. The van der Waals surface area contributed by atoms with Crippen LogP contribution < -0.4 is 5.32 Å². The number of aryl methyl sites for hydroxylation is 1. The number of carbonyl (C=O) groups excluding carboxylic acids is 1. The Kier molecular flexibility index (Phi) is 3.84. The summed E-state index contributed by atoms with van der Waals surface area (Å²) in [5.74, 6) is 0.123. The molecule has 92 valence electrons. The quantitative estimate of drug-likeness (QED) is 0.907. The Labute approximate surface area is 110 Å². The van der Waals surface area contributed by atoms with E-state index in [-0.39, 0.29) is 5.91 Å². The molecule has 1 amide bonds. The minimum absolute atomic E-state index is 0.123. The molecule has 1 saturated heterocycles. The minimum Gasteiger partial charge on any atom is -0.337 e. The fraction of sp³-hybridized carbons (Fsp3) is 0.462. The van der Waals surface area contributed by atoms with Gasteiger partial charge in [-0.25, -0.2) is 0 Å². The number of nitrogens with one attached hydrogen (secondary N) is 1. The molecular weight excluding hydrogens is 280 g/mol. The normalized spacial score (nSPS) is 19.7. The molecule has 0 radical (unpaired) electrons. The van der Waals surface area contributed by atoms with Gasteiger partial charge < -0.3 is 10.2 Å². The Morgan fingerprint density at radius 3 is 2.94 bits per heavy atom. The van der Waals surface area contributed by atoms with Gasteiger partial charge in [-0.2, -0.15) is 0 Å². The second-order valence-corrected chi connectivity index (χ2v) is 5.25. The van der Waals surface area contributed by atoms with Gasteiger partial charge in [0.25, 0.3) is 5.91 Å². The predicted molar refractivity (Wildman–Crippen MR) is 72.2 cm³/mol. The SMILES string of the molecule is CNC1CCN(C(=O)c2cccc(C)c2Br)C1. The zero-order valence-corrected chi connectivity index (χ0v) is 11.8. The summed E-state index contributed by atoms with van der Waals surface area (Å²) in [6.07, 6.45) is 1.03. The van der Waals surface area contributed by atoms with E-state index in [1.54, 1.807) is 0 Å². The van der Waals surface area contributed by atoms with Crippen LogP contribution in [-0.4, -0.2) is 37.0 Å². The average molecular weight is 297 g/mol. The van der Waals surface area contributed by atoms with Crippen LogP contribution in [0, 0.1) is 6.92 Å². The van der Waals surface area contributed by atoms with Crippen molar-refractivity contribution in [2.75, 3.05) is 20.1 Å². The molecular formula is C13H17BrN2O. The third kappa shape index (κ3) is 2.53. The molecule has 0 aliphatic carbocycles. The number of likely N-dealkylation sites (tertiary alicyclic amines) is 1. The number of benzene rings is 1. The number of likely N-dealkylation sites (N-methyl/N-ethyl adjacent to an activating group) is 1. The van der Waals surface area contributed by atoms with Crippen LogP contribution in [0.2, 0.25) is 0 Å². The minimum atomic E-state index is 0.123. The Hall–Kier alpha value is -0.870. The molecule has 1 heterocycles. The van der Waals surface area contributed by atoms with Crippen LogP contribution in [0.15, 0.2) is 22.7 Å². The lowest BCUT2D eigenvalue weighted by Gasteiger charge is -2.17. The second-order valence-electron chi connectivity index (χ2n) is 4.46. The first-order chi connectivity index (χ1) is 8.13. The van der Waals surface area contributed by atoms with E-state index in [1.807, 2.05) is 37.1 Å². The highest BCUT2D eigenvalue weighted by Crippen LogP contribution is 2.23. The summed E-state index contributed by atoms with van der Waals surface area (Å²) < 4.78 is 0.915. The average Bonchev–Trinajstić information content (AvgIpc) is 2.80. The third-order valence-corrected chi connectivity index (χ3v) is 4.36. The number of amides is 1. The first-order valence-electron chi connectivity index (χ1n) is 5.85. The molecule has 2 rings (SSSR count). The van der Waals surface area contributed by atoms with Crippen molar-refractivity contribution in [2.45, 2.75) is 19.4 Å². The summed E-state index contributed by atoms with van der Waals surface area (Å²) in [5, 5.41) is 3.22. The number of nitrogens with zero attached hydrogens (tertiary/aromatic N) is 1. The molecule has 1 atom stereocenters. The van der Waals surface area contributed by atoms with E-state index in [0.29, 0.717) is 6.04 Å². The van der Waals surface area contributed by atoms with Gasteiger partial charge >= 0.3 is 0 Å². The van der Waals surface area contributed by atoms with Crippen molar-refractivity contribution >= 4 is 21.8 Å². The Morgan fingerprint density at radius 1 is 1.53 bits per heavy atom. The first kappa shape index (κ1) is 12.6. The largest absolute Gasteiger partial charge is 0.337 e. The highest BCUT2D eigenvalue weighted by atomic mass is 79.9. The summed E-state index contributed by atoms with van der Waals surface area (Å²) in [6, 6.07) is 6.24. The fourth-order valence-electron chi connectivity index (χ4n) is 2.16. The van der Waals surface area contributed by atoms with Crippen LogP contribution >= 0.6 is 15.9 Å². The number of rotatable bonds is 2. The molecule has 0 aromatic heterocycles. The lowest BCUT2D eigenvalue weighted by Crippen LogP contribution is -2.33. The maximum Gasteiger partial charge on any atom is 0.255 e. The molecule has 1 aliphatic heterocycles. The molecule has 0 bridgehead atoms. The number of halogens is 1. The zero-order chi connectivity index (χ0) is 12.4. The maximum atomic E-state index is 12.3. The molecule has 3 nitrogen and oxygen atoms in total.